The molecule has 0 saturated heterocycles. The first kappa shape index (κ1) is 15.6. The summed E-state index contributed by atoms with van der Waals surface area (Å²) in [7, 11) is 0. The second-order valence-electron chi connectivity index (χ2n) is 9.32. The molecule has 3 aliphatic rings. The van der Waals surface area contributed by atoms with E-state index in [4.69, 9.17) is 4.98 Å². The van der Waals surface area contributed by atoms with E-state index in [9.17, 15) is 0 Å². The minimum Gasteiger partial charge on any atom is -0.299 e. The molecule has 1 aromatic heterocycles. The van der Waals surface area contributed by atoms with Crippen LogP contribution in [0.15, 0.2) is 12.3 Å². The average Bonchev–Trinajstić information content (AvgIpc) is 3.40. The van der Waals surface area contributed by atoms with E-state index in [1.54, 1.807) is 0 Å². The maximum atomic E-state index is 4.81. The minimum atomic E-state index is 0.205. The second kappa shape index (κ2) is 5.88. The summed E-state index contributed by atoms with van der Waals surface area (Å²) in [5, 5.41) is 0. The number of hydrogen-bond donors (Lipinski definition) is 0. The smallest absolute Gasteiger partial charge is 0.0436 e. The Morgan fingerprint density at radius 3 is 2.26 bits per heavy atom. The number of fused-ring (bicyclic) bond motifs is 1. The van der Waals surface area contributed by atoms with Crippen molar-refractivity contribution in [2.24, 2.45) is 11.8 Å². The molecule has 0 N–H and O–H groups in total. The Balaban J connectivity index is 1.51. The number of aryl methyl sites for hydroxylation is 1. The second-order valence-corrected chi connectivity index (χ2v) is 9.32. The normalized spacial score (nSPS) is 24.8. The molecule has 0 aliphatic heterocycles. The van der Waals surface area contributed by atoms with Crippen molar-refractivity contribution < 1.29 is 0 Å². The molecule has 1 heterocycles. The summed E-state index contributed by atoms with van der Waals surface area (Å²) in [5.74, 6) is 2.02. The van der Waals surface area contributed by atoms with Gasteiger partial charge < -0.3 is 0 Å². The van der Waals surface area contributed by atoms with Gasteiger partial charge >= 0.3 is 0 Å². The first-order chi connectivity index (χ1) is 11.0. The molecule has 0 spiro atoms. The van der Waals surface area contributed by atoms with Crippen LogP contribution in [-0.2, 0) is 18.3 Å². The molecule has 0 amide bonds. The van der Waals surface area contributed by atoms with E-state index in [0.717, 1.165) is 17.9 Å². The Bertz CT molecular complexity index is 550. The molecule has 23 heavy (non-hydrogen) atoms. The van der Waals surface area contributed by atoms with Crippen LogP contribution in [0.1, 0.15) is 69.7 Å². The highest BCUT2D eigenvalue weighted by Crippen LogP contribution is 2.36. The Morgan fingerprint density at radius 2 is 1.70 bits per heavy atom. The maximum absolute atomic E-state index is 4.81. The van der Waals surface area contributed by atoms with Crippen LogP contribution in [0.3, 0.4) is 0 Å². The van der Waals surface area contributed by atoms with E-state index in [2.05, 4.69) is 37.9 Å². The van der Waals surface area contributed by atoms with Crippen molar-refractivity contribution in [1.82, 2.24) is 9.88 Å². The van der Waals surface area contributed by atoms with Crippen LogP contribution in [-0.4, -0.2) is 29.0 Å². The van der Waals surface area contributed by atoms with Gasteiger partial charge in [0.15, 0.2) is 0 Å². The predicted octanol–water partition coefficient (Wildman–Crippen LogP) is 4.36. The van der Waals surface area contributed by atoms with Gasteiger partial charge in [-0.15, -0.1) is 0 Å². The Morgan fingerprint density at radius 1 is 1.04 bits per heavy atom. The van der Waals surface area contributed by atoms with Crippen molar-refractivity contribution in [1.29, 1.82) is 0 Å². The fourth-order valence-electron chi connectivity index (χ4n) is 3.96. The fraction of sp³-hybridized carbons (Fsp3) is 0.762. The molecule has 126 valence electrons. The topological polar surface area (TPSA) is 16.1 Å². The van der Waals surface area contributed by atoms with Crippen molar-refractivity contribution in [3.8, 4) is 0 Å². The predicted molar refractivity (Wildman–Crippen MR) is 95.8 cm³/mol. The molecule has 1 atom stereocenters. The molecule has 0 bridgehead atoms. The third-order valence-electron chi connectivity index (χ3n) is 5.99. The largest absolute Gasteiger partial charge is 0.299 e. The SMILES string of the molecule is CC(C)(C)c1cnc2c(c1)CC(N(CC1CC1)CC1CC1)CC2. The van der Waals surface area contributed by atoms with E-state index >= 15 is 0 Å². The Kier molecular flexibility index (Phi) is 3.99. The summed E-state index contributed by atoms with van der Waals surface area (Å²) < 4.78 is 0. The van der Waals surface area contributed by atoms with Crippen molar-refractivity contribution in [3.05, 3.63) is 29.1 Å². The molecular formula is C21H32N2. The molecular weight excluding hydrogens is 280 g/mol. The van der Waals surface area contributed by atoms with Gasteiger partial charge in [0.05, 0.1) is 0 Å². The van der Waals surface area contributed by atoms with Crippen LogP contribution in [0.5, 0.6) is 0 Å². The summed E-state index contributed by atoms with van der Waals surface area (Å²) in [6, 6.07) is 3.22. The Labute approximate surface area is 141 Å². The summed E-state index contributed by atoms with van der Waals surface area (Å²) in [4.78, 5) is 7.67. The van der Waals surface area contributed by atoms with Gasteiger partial charge in [-0.05, 0) is 73.3 Å². The molecule has 2 fully saturated rings. The number of aromatic nitrogens is 1. The van der Waals surface area contributed by atoms with Crippen molar-refractivity contribution in [2.45, 2.75) is 77.2 Å². The van der Waals surface area contributed by atoms with Gasteiger partial charge in [-0.3, -0.25) is 9.88 Å². The van der Waals surface area contributed by atoms with E-state index in [0.29, 0.717) is 0 Å². The third kappa shape index (κ3) is 3.79. The van der Waals surface area contributed by atoms with Crippen LogP contribution < -0.4 is 0 Å². The fourth-order valence-corrected chi connectivity index (χ4v) is 3.96. The molecule has 3 aliphatic carbocycles. The summed E-state index contributed by atoms with van der Waals surface area (Å²) in [5.41, 5.74) is 4.50. The molecule has 2 saturated carbocycles. The lowest BCUT2D eigenvalue weighted by Crippen LogP contribution is -2.42. The van der Waals surface area contributed by atoms with Crippen molar-refractivity contribution >= 4 is 0 Å². The molecule has 1 aromatic rings. The maximum Gasteiger partial charge on any atom is 0.0436 e. The van der Waals surface area contributed by atoms with Crippen LogP contribution in [0.2, 0.25) is 0 Å². The van der Waals surface area contributed by atoms with Gasteiger partial charge in [0.25, 0.3) is 0 Å². The number of nitrogens with zero attached hydrogens (tertiary/aromatic N) is 2. The van der Waals surface area contributed by atoms with Gasteiger partial charge in [-0.1, -0.05) is 26.8 Å². The Hall–Kier alpha value is -0.890. The zero-order valence-electron chi connectivity index (χ0n) is 15.1. The summed E-state index contributed by atoms with van der Waals surface area (Å²) >= 11 is 0. The molecule has 2 nitrogen and oxygen atoms in total. The molecule has 4 rings (SSSR count). The summed E-state index contributed by atoms with van der Waals surface area (Å²) in [6.45, 7) is 9.61. The van der Waals surface area contributed by atoms with E-state index in [1.807, 2.05) is 0 Å². The van der Waals surface area contributed by atoms with Gasteiger partial charge in [0.2, 0.25) is 0 Å². The van der Waals surface area contributed by atoms with Crippen LogP contribution in [0.4, 0.5) is 0 Å². The highest BCUT2D eigenvalue weighted by Gasteiger charge is 2.34. The van der Waals surface area contributed by atoms with Gasteiger partial charge in [-0.25, -0.2) is 0 Å². The molecule has 1 unspecified atom stereocenters. The van der Waals surface area contributed by atoms with Crippen LogP contribution in [0.25, 0.3) is 0 Å². The minimum absolute atomic E-state index is 0.205. The van der Waals surface area contributed by atoms with E-state index in [1.165, 1.54) is 74.9 Å². The highest BCUT2D eigenvalue weighted by atomic mass is 15.2. The van der Waals surface area contributed by atoms with Crippen molar-refractivity contribution in [2.75, 3.05) is 13.1 Å². The standard InChI is InChI=1S/C21H32N2/c1-21(2,3)18-10-17-11-19(8-9-20(17)22-12-18)23(13-15-4-5-15)14-16-6-7-16/h10,12,15-16,19H,4-9,11,13-14H2,1-3H3. The lowest BCUT2D eigenvalue weighted by atomic mass is 9.83. The first-order valence-corrected chi connectivity index (χ1v) is 9.71. The van der Waals surface area contributed by atoms with Gasteiger partial charge in [-0.2, -0.15) is 0 Å². The zero-order valence-corrected chi connectivity index (χ0v) is 15.1. The quantitative estimate of drug-likeness (QED) is 0.803. The third-order valence-corrected chi connectivity index (χ3v) is 5.99. The lowest BCUT2D eigenvalue weighted by Gasteiger charge is -2.35. The monoisotopic (exact) mass is 312 g/mol. The van der Waals surface area contributed by atoms with Crippen LogP contribution in [0, 0.1) is 11.8 Å². The lowest BCUT2D eigenvalue weighted by molar-refractivity contribution is 0.164. The zero-order chi connectivity index (χ0) is 16.0. The number of hydrogen-bond acceptors (Lipinski definition) is 2. The number of pyridine rings is 1. The molecule has 2 heteroatoms. The average molecular weight is 313 g/mol. The molecule has 0 aromatic carbocycles. The van der Waals surface area contributed by atoms with Gasteiger partial charge in [0.1, 0.15) is 0 Å². The van der Waals surface area contributed by atoms with Crippen molar-refractivity contribution in [3.63, 3.8) is 0 Å². The number of rotatable bonds is 5. The highest BCUT2D eigenvalue weighted by molar-refractivity contribution is 5.32. The van der Waals surface area contributed by atoms with E-state index < -0.39 is 0 Å². The molecule has 0 radical (unpaired) electrons. The van der Waals surface area contributed by atoms with Gasteiger partial charge in [0, 0.05) is 31.0 Å². The summed E-state index contributed by atoms with van der Waals surface area (Å²) in [6.07, 6.45) is 11.7. The van der Waals surface area contributed by atoms with Crippen LogP contribution >= 0.6 is 0 Å². The first-order valence-electron chi connectivity index (χ1n) is 9.71. The van der Waals surface area contributed by atoms with E-state index in [-0.39, 0.29) is 5.41 Å².